The zero-order chi connectivity index (χ0) is 16.3. The zero-order valence-electron chi connectivity index (χ0n) is 14.8. The molecular weight excluding hydrogens is 280 g/mol. The van der Waals surface area contributed by atoms with E-state index in [1.54, 1.807) is 0 Å². The van der Waals surface area contributed by atoms with Gasteiger partial charge in [0.2, 0.25) is 0 Å². The number of hydrogen-bond acceptors (Lipinski definition) is 4. The van der Waals surface area contributed by atoms with Crippen LogP contribution in [0.25, 0.3) is 0 Å². The minimum atomic E-state index is -0.410. The normalized spacial score (nSPS) is 28.7. The standard InChI is InChI=1S/C17H32N2O3/c1-13-11-21-12-14(2)19(13)10-15-6-8-18(9-7-15)16(20)22-17(3,4)5/h13-15H,6-12H2,1-5H3/t13-,14-/m0/s1. The quantitative estimate of drug-likeness (QED) is 0.786. The molecule has 0 aromatic carbocycles. The molecule has 128 valence electrons. The van der Waals surface area contributed by atoms with Crippen LogP contribution in [0, 0.1) is 5.92 Å². The fourth-order valence-corrected chi connectivity index (χ4v) is 3.32. The summed E-state index contributed by atoms with van der Waals surface area (Å²) in [6.45, 7) is 14.6. The molecule has 0 aromatic rings. The molecule has 2 aliphatic rings. The fourth-order valence-electron chi connectivity index (χ4n) is 3.32. The number of piperidine rings is 1. The molecule has 0 bridgehead atoms. The lowest BCUT2D eigenvalue weighted by Gasteiger charge is -2.42. The molecule has 2 aliphatic heterocycles. The molecule has 0 spiro atoms. The number of morpholine rings is 1. The summed E-state index contributed by atoms with van der Waals surface area (Å²) in [6.07, 6.45) is 1.96. The van der Waals surface area contributed by atoms with Crippen LogP contribution in [0.4, 0.5) is 4.79 Å². The number of rotatable bonds is 2. The van der Waals surface area contributed by atoms with Gasteiger partial charge in [0.25, 0.3) is 0 Å². The number of ether oxygens (including phenoxy) is 2. The number of likely N-dealkylation sites (tertiary alicyclic amines) is 1. The van der Waals surface area contributed by atoms with Crippen LogP contribution in [0.2, 0.25) is 0 Å². The Hall–Kier alpha value is -0.810. The van der Waals surface area contributed by atoms with Crippen LogP contribution in [0.3, 0.4) is 0 Å². The molecule has 22 heavy (non-hydrogen) atoms. The number of amides is 1. The Bertz CT molecular complexity index is 363. The summed E-state index contributed by atoms with van der Waals surface area (Å²) in [5.74, 6) is 0.668. The summed E-state index contributed by atoms with van der Waals surface area (Å²) in [5.41, 5.74) is -0.410. The Morgan fingerprint density at radius 3 is 2.18 bits per heavy atom. The van der Waals surface area contributed by atoms with Crippen molar-refractivity contribution in [1.82, 2.24) is 9.80 Å². The Labute approximate surface area is 134 Å². The van der Waals surface area contributed by atoms with Crippen molar-refractivity contribution < 1.29 is 14.3 Å². The van der Waals surface area contributed by atoms with Gasteiger partial charge in [0.05, 0.1) is 13.2 Å². The van der Waals surface area contributed by atoms with Crippen molar-refractivity contribution in [2.75, 3.05) is 32.8 Å². The van der Waals surface area contributed by atoms with E-state index in [9.17, 15) is 4.79 Å². The summed E-state index contributed by atoms with van der Waals surface area (Å²) in [7, 11) is 0. The number of hydrogen-bond donors (Lipinski definition) is 0. The van der Waals surface area contributed by atoms with Crippen molar-refractivity contribution in [2.45, 2.75) is 65.1 Å². The molecule has 1 amide bonds. The number of nitrogens with zero attached hydrogens (tertiary/aromatic N) is 2. The van der Waals surface area contributed by atoms with Crippen LogP contribution in [-0.4, -0.2) is 66.4 Å². The van der Waals surface area contributed by atoms with Crippen molar-refractivity contribution in [3.8, 4) is 0 Å². The van der Waals surface area contributed by atoms with Gasteiger partial charge in [-0.25, -0.2) is 4.79 Å². The van der Waals surface area contributed by atoms with Crippen LogP contribution >= 0.6 is 0 Å². The highest BCUT2D eigenvalue weighted by atomic mass is 16.6. The highest BCUT2D eigenvalue weighted by Crippen LogP contribution is 2.23. The van der Waals surface area contributed by atoms with Gasteiger partial charge in [0.15, 0.2) is 0 Å². The SMILES string of the molecule is C[C@H]1COC[C@H](C)N1CC1CCN(C(=O)OC(C)(C)C)CC1. The third-order valence-electron chi connectivity index (χ3n) is 4.59. The second-order valence-electron chi connectivity index (χ2n) is 7.84. The predicted octanol–water partition coefficient (Wildman–Crippen LogP) is 2.74. The first kappa shape index (κ1) is 17.5. The third-order valence-corrected chi connectivity index (χ3v) is 4.59. The van der Waals surface area contributed by atoms with Crippen LogP contribution in [0.5, 0.6) is 0 Å². The van der Waals surface area contributed by atoms with E-state index in [1.165, 1.54) is 0 Å². The third kappa shape index (κ3) is 4.85. The molecule has 2 heterocycles. The molecule has 0 aromatic heterocycles. The second kappa shape index (κ2) is 7.18. The van der Waals surface area contributed by atoms with Crippen LogP contribution < -0.4 is 0 Å². The maximum absolute atomic E-state index is 12.1. The Balaban J connectivity index is 1.78. The molecule has 2 rings (SSSR count). The van der Waals surface area contributed by atoms with E-state index in [-0.39, 0.29) is 6.09 Å². The van der Waals surface area contributed by atoms with Gasteiger partial charge in [-0.2, -0.15) is 0 Å². The lowest BCUT2D eigenvalue weighted by molar-refractivity contribution is -0.0473. The summed E-state index contributed by atoms with van der Waals surface area (Å²) in [6, 6.07) is 0.986. The van der Waals surface area contributed by atoms with E-state index in [4.69, 9.17) is 9.47 Å². The summed E-state index contributed by atoms with van der Waals surface area (Å²) in [4.78, 5) is 16.5. The average Bonchev–Trinajstić information content (AvgIpc) is 2.42. The number of carbonyl (C=O) groups excluding carboxylic acids is 1. The van der Waals surface area contributed by atoms with Gasteiger partial charge in [0.1, 0.15) is 5.60 Å². The largest absolute Gasteiger partial charge is 0.444 e. The van der Waals surface area contributed by atoms with E-state index in [1.807, 2.05) is 25.7 Å². The molecular formula is C17H32N2O3. The van der Waals surface area contributed by atoms with Gasteiger partial charge in [-0.05, 0) is 53.4 Å². The molecule has 0 aliphatic carbocycles. The minimum absolute atomic E-state index is 0.168. The lowest BCUT2D eigenvalue weighted by Crippen LogP contribution is -2.52. The van der Waals surface area contributed by atoms with Gasteiger partial charge in [-0.1, -0.05) is 0 Å². The van der Waals surface area contributed by atoms with Crippen molar-refractivity contribution >= 4 is 6.09 Å². The topological polar surface area (TPSA) is 42.0 Å². The highest BCUT2D eigenvalue weighted by molar-refractivity contribution is 5.68. The van der Waals surface area contributed by atoms with Gasteiger partial charge >= 0.3 is 6.09 Å². The fraction of sp³-hybridized carbons (Fsp3) is 0.941. The molecule has 5 nitrogen and oxygen atoms in total. The monoisotopic (exact) mass is 312 g/mol. The van der Waals surface area contributed by atoms with E-state index >= 15 is 0 Å². The summed E-state index contributed by atoms with van der Waals surface area (Å²) in [5, 5.41) is 0. The predicted molar refractivity (Wildman–Crippen MR) is 87.0 cm³/mol. The van der Waals surface area contributed by atoms with E-state index in [0.717, 1.165) is 45.7 Å². The lowest BCUT2D eigenvalue weighted by atomic mass is 9.95. The minimum Gasteiger partial charge on any atom is -0.444 e. The Morgan fingerprint density at radius 2 is 1.68 bits per heavy atom. The summed E-state index contributed by atoms with van der Waals surface area (Å²) < 4.78 is 11.1. The average molecular weight is 312 g/mol. The molecule has 2 atom stereocenters. The Morgan fingerprint density at radius 1 is 1.14 bits per heavy atom. The molecule has 2 fully saturated rings. The molecule has 2 saturated heterocycles. The first-order valence-corrected chi connectivity index (χ1v) is 8.57. The van der Waals surface area contributed by atoms with Crippen LogP contribution in [0.1, 0.15) is 47.5 Å². The van der Waals surface area contributed by atoms with Crippen molar-refractivity contribution in [3.63, 3.8) is 0 Å². The van der Waals surface area contributed by atoms with Gasteiger partial charge in [-0.15, -0.1) is 0 Å². The maximum atomic E-state index is 12.1. The number of carbonyl (C=O) groups is 1. The summed E-state index contributed by atoms with van der Waals surface area (Å²) >= 11 is 0. The molecule has 0 radical (unpaired) electrons. The van der Waals surface area contributed by atoms with Crippen molar-refractivity contribution in [1.29, 1.82) is 0 Å². The highest BCUT2D eigenvalue weighted by Gasteiger charge is 2.31. The molecule has 5 heteroatoms. The molecule has 0 saturated carbocycles. The second-order valence-corrected chi connectivity index (χ2v) is 7.84. The maximum Gasteiger partial charge on any atom is 0.410 e. The van der Waals surface area contributed by atoms with Gasteiger partial charge in [0, 0.05) is 31.7 Å². The Kier molecular flexibility index (Phi) is 5.72. The zero-order valence-corrected chi connectivity index (χ0v) is 14.8. The van der Waals surface area contributed by atoms with Crippen LogP contribution in [-0.2, 0) is 9.47 Å². The van der Waals surface area contributed by atoms with E-state index in [2.05, 4.69) is 18.7 Å². The first-order valence-electron chi connectivity index (χ1n) is 8.57. The first-order chi connectivity index (χ1) is 10.3. The van der Waals surface area contributed by atoms with E-state index < -0.39 is 5.60 Å². The molecule has 0 unspecified atom stereocenters. The van der Waals surface area contributed by atoms with Crippen LogP contribution in [0.15, 0.2) is 0 Å². The molecule has 0 N–H and O–H groups in total. The van der Waals surface area contributed by atoms with Crippen molar-refractivity contribution in [3.05, 3.63) is 0 Å². The van der Waals surface area contributed by atoms with Gasteiger partial charge < -0.3 is 14.4 Å². The van der Waals surface area contributed by atoms with E-state index in [0.29, 0.717) is 18.0 Å². The van der Waals surface area contributed by atoms with Gasteiger partial charge in [-0.3, -0.25) is 4.90 Å². The van der Waals surface area contributed by atoms with Crippen molar-refractivity contribution in [2.24, 2.45) is 5.92 Å². The smallest absolute Gasteiger partial charge is 0.410 e.